The lowest BCUT2D eigenvalue weighted by Gasteiger charge is -2.20. The van der Waals surface area contributed by atoms with E-state index in [9.17, 15) is 13.6 Å². The van der Waals surface area contributed by atoms with Crippen molar-refractivity contribution in [3.05, 3.63) is 21.6 Å². The van der Waals surface area contributed by atoms with Gasteiger partial charge in [0.2, 0.25) is 5.91 Å². The van der Waals surface area contributed by atoms with Gasteiger partial charge in [-0.15, -0.1) is 0 Å². The first-order valence-electron chi connectivity index (χ1n) is 5.36. The molecular weight excluding hydrogens is 343 g/mol. The van der Waals surface area contributed by atoms with Gasteiger partial charge >= 0.3 is 6.61 Å². The first-order chi connectivity index (χ1) is 8.61. The van der Waals surface area contributed by atoms with Gasteiger partial charge in [0.1, 0.15) is 0 Å². The molecule has 0 radical (unpaired) electrons. The smallest absolute Gasteiger partial charge is 0.387 e. The second kappa shape index (κ2) is 6.05. The molecule has 0 atom stereocenters. The highest BCUT2D eigenvalue weighted by molar-refractivity contribution is 9.10. The first kappa shape index (κ1) is 16.2. The van der Waals surface area contributed by atoms with Gasteiger partial charge in [0.15, 0.2) is 5.75 Å². The molecule has 0 unspecified atom stereocenters. The minimum atomic E-state index is -3.00. The number of carbonyl (C=O) groups is 1. The van der Waals surface area contributed by atoms with Crippen LogP contribution in [0.2, 0.25) is 5.02 Å². The predicted molar refractivity (Wildman–Crippen MR) is 73.9 cm³/mol. The normalized spacial score (nSPS) is 11.6. The molecule has 0 saturated heterocycles. The molecule has 0 bridgehead atoms. The van der Waals surface area contributed by atoms with Gasteiger partial charge in [-0.3, -0.25) is 4.79 Å². The Morgan fingerprint density at radius 2 is 2.00 bits per heavy atom. The Kier molecular flexibility index (Phi) is 5.15. The summed E-state index contributed by atoms with van der Waals surface area (Å²) in [5.74, 6) is -0.488. The third-order valence-corrected chi connectivity index (χ3v) is 2.95. The lowest BCUT2D eigenvalue weighted by Crippen LogP contribution is -2.28. The zero-order chi connectivity index (χ0) is 14.8. The molecule has 1 aromatic carbocycles. The molecule has 0 aliphatic rings. The quantitative estimate of drug-likeness (QED) is 0.853. The van der Waals surface area contributed by atoms with Crippen molar-refractivity contribution < 1.29 is 18.3 Å². The van der Waals surface area contributed by atoms with Gasteiger partial charge in [0, 0.05) is 10.4 Å². The van der Waals surface area contributed by atoms with Crippen LogP contribution in [0.15, 0.2) is 16.6 Å². The third-order valence-electron chi connectivity index (χ3n) is 2.14. The SMILES string of the molecule is CC(C)(C)C(=O)Nc1cc(Cl)cc(Br)c1OC(F)F. The van der Waals surface area contributed by atoms with Gasteiger partial charge in [-0.05, 0) is 28.1 Å². The van der Waals surface area contributed by atoms with Crippen LogP contribution in [-0.2, 0) is 4.79 Å². The van der Waals surface area contributed by atoms with E-state index in [4.69, 9.17) is 11.6 Å². The highest BCUT2D eigenvalue weighted by Gasteiger charge is 2.24. The molecular formula is C12H13BrClF2NO2. The van der Waals surface area contributed by atoms with Gasteiger partial charge in [-0.2, -0.15) is 8.78 Å². The fourth-order valence-corrected chi connectivity index (χ4v) is 2.08. The maximum absolute atomic E-state index is 12.4. The lowest BCUT2D eigenvalue weighted by atomic mass is 9.95. The molecule has 7 heteroatoms. The van der Waals surface area contributed by atoms with E-state index in [-0.39, 0.29) is 26.8 Å². The summed E-state index contributed by atoms with van der Waals surface area (Å²) in [6, 6.07) is 2.76. The van der Waals surface area contributed by atoms with Crippen LogP contribution in [0.5, 0.6) is 5.75 Å². The average molecular weight is 357 g/mol. The topological polar surface area (TPSA) is 38.3 Å². The average Bonchev–Trinajstić information content (AvgIpc) is 2.21. The van der Waals surface area contributed by atoms with Crippen molar-refractivity contribution in [3.63, 3.8) is 0 Å². The Morgan fingerprint density at radius 1 is 1.42 bits per heavy atom. The van der Waals surface area contributed by atoms with E-state index in [2.05, 4.69) is 26.0 Å². The van der Waals surface area contributed by atoms with E-state index in [1.54, 1.807) is 20.8 Å². The van der Waals surface area contributed by atoms with Crippen LogP contribution in [0.3, 0.4) is 0 Å². The van der Waals surface area contributed by atoms with Gasteiger partial charge in [0.25, 0.3) is 0 Å². The molecule has 1 amide bonds. The fraction of sp³-hybridized carbons (Fsp3) is 0.417. The molecule has 1 rings (SSSR count). The number of nitrogens with one attached hydrogen (secondary N) is 1. The summed E-state index contributed by atoms with van der Waals surface area (Å²) >= 11 is 8.90. The predicted octanol–water partition coefficient (Wildman–Crippen LogP) is 4.69. The Hall–Kier alpha value is -0.880. The van der Waals surface area contributed by atoms with Crippen LogP contribution < -0.4 is 10.1 Å². The van der Waals surface area contributed by atoms with Crippen molar-refractivity contribution in [1.82, 2.24) is 0 Å². The Balaban J connectivity index is 3.14. The van der Waals surface area contributed by atoms with Crippen molar-refractivity contribution in [3.8, 4) is 5.75 Å². The number of alkyl halides is 2. The molecule has 3 nitrogen and oxygen atoms in total. The fourth-order valence-electron chi connectivity index (χ4n) is 1.17. The number of hydrogen-bond acceptors (Lipinski definition) is 2. The van der Waals surface area contributed by atoms with E-state index in [1.807, 2.05) is 0 Å². The summed E-state index contributed by atoms with van der Waals surface area (Å²) in [6.07, 6.45) is 0. The van der Waals surface area contributed by atoms with E-state index in [0.29, 0.717) is 0 Å². The zero-order valence-corrected chi connectivity index (χ0v) is 12.9. The number of carbonyl (C=O) groups excluding carboxylic acids is 1. The molecule has 0 heterocycles. The highest BCUT2D eigenvalue weighted by atomic mass is 79.9. The summed E-state index contributed by atoms with van der Waals surface area (Å²) in [7, 11) is 0. The summed E-state index contributed by atoms with van der Waals surface area (Å²) < 4.78 is 29.4. The standard InChI is InChI=1S/C12H13BrClF2NO2/c1-12(2,3)10(18)17-8-5-6(14)4-7(13)9(8)19-11(15)16/h4-5,11H,1-3H3,(H,17,18). The highest BCUT2D eigenvalue weighted by Crippen LogP contribution is 2.38. The van der Waals surface area contributed by atoms with Crippen molar-refractivity contribution >= 4 is 39.1 Å². The van der Waals surface area contributed by atoms with Crippen LogP contribution in [-0.4, -0.2) is 12.5 Å². The second-order valence-electron chi connectivity index (χ2n) is 4.85. The minimum absolute atomic E-state index is 0.0969. The van der Waals surface area contributed by atoms with Crippen LogP contribution in [0.25, 0.3) is 0 Å². The number of ether oxygens (including phenoxy) is 1. The number of hydrogen-bond donors (Lipinski definition) is 1. The lowest BCUT2D eigenvalue weighted by molar-refractivity contribution is -0.123. The van der Waals surface area contributed by atoms with Gasteiger partial charge in [-0.1, -0.05) is 32.4 Å². The number of amides is 1. The second-order valence-corrected chi connectivity index (χ2v) is 6.14. The molecule has 0 spiro atoms. The first-order valence-corrected chi connectivity index (χ1v) is 6.53. The molecule has 0 aliphatic carbocycles. The summed E-state index contributed by atoms with van der Waals surface area (Å²) in [4.78, 5) is 11.9. The van der Waals surface area contributed by atoms with Crippen LogP contribution in [0.4, 0.5) is 14.5 Å². The molecule has 0 fully saturated rings. The summed E-state index contributed by atoms with van der Waals surface area (Å²) in [5.41, 5.74) is -0.573. The van der Waals surface area contributed by atoms with Gasteiger partial charge in [0.05, 0.1) is 10.2 Å². The third kappa shape index (κ3) is 4.62. The van der Waals surface area contributed by atoms with Crippen LogP contribution >= 0.6 is 27.5 Å². The summed E-state index contributed by atoms with van der Waals surface area (Å²) in [5, 5.41) is 2.82. The number of anilines is 1. The van der Waals surface area contributed by atoms with Crippen molar-refractivity contribution in [2.45, 2.75) is 27.4 Å². The molecule has 1 aromatic rings. The number of benzene rings is 1. The Labute approximate surface area is 123 Å². The zero-order valence-electron chi connectivity index (χ0n) is 10.6. The van der Waals surface area contributed by atoms with E-state index < -0.39 is 12.0 Å². The monoisotopic (exact) mass is 355 g/mol. The van der Waals surface area contributed by atoms with E-state index in [0.717, 1.165) is 0 Å². The van der Waals surface area contributed by atoms with Gasteiger partial charge in [-0.25, -0.2) is 0 Å². The molecule has 0 aromatic heterocycles. The molecule has 0 saturated carbocycles. The maximum Gasteiger partial charge on any atom is 0.387 e. The molecule has 19 heavy (non-hydrogen) atoms. The van der Waals surface area contributed by atoms with Crippen LogP contribution in [0.1, 0.15) is 20.8 Å². The number of halogens is 4. The molecule has 0 aliphatic heterocycles. The van der Waals surface area contributed by atoms with E-state index >= 15 is 0 Å². The van der Waals surface area contributed by atoms with E-state index in [1.165, 1.54) is 12.1 Å². The summed E-state index contributed by atoms with van der Waals surface area (Å²) in [6.45, 7) is 2.11. The largest absolute Gasteiger partial charge is 0.431 e. The van der Waals surface area contributed by atoms with Crippen molar-refractivity contribution in [1.29, 1.82) is 0 Å². The van der Waals surface area contributed by atoms with Crippen LogP contribution in [0, 0.1) is 5.41 Å². The molecule has 106 valence electrons. The maximum atomic E-state index is 12.4. The van der Waals surface area contributed by atoms with Crippen molar-refractivity contribution in [2.24, 2.45) is 5.41 Å². The Morgan fingerprint density at radius 3 is 2.47 bits per heavy atom. The number of rotatable bonds is 3. The Bertz CT molecular complexity index is 489. The van der Waals surface area contributed by atoms with Crippen molar-refractivity contribution in [2.75, 3.05) is 5.32 Å². The molecule has 1 N–H and O–H groups in total. The van der Waals surface area contributed by atoms with Gasteiger partial charge < -0.3 is 10.1 Å². The minimum Gasteiger partial charge on any atom is -0.431 e.